The Bertz CT molecular complexity index is 269. The third kappa shape index (κ3) is 56.7. The summed E-state index contributed by atoms with van der Waals surface area (Å²) in [5.74, 6) is 0. The van der Waals surface area contributed by atoms with Crippen molar-refractivity contribution in [1.82, 2.24) is 0 Å². The van der Waals surface area contributed by atoms with Crippen molar-refractivity contribution in [2.24, 2.45) is 0 Å². The smallest absolute Gasteiger partial charge is 0.789 e. The second-order valence-corrected chi connectivity index (χ2v) is 4.84. The first kappa shape index (κ1) is 26.4. The maximum atomic E-state index is 10.1. The first-order valence-electron chi connectivity index (χ1n) is 2.21. The van der Waals surface area contributed by atoms with Crippen LogP contribution in [0, 0.1) is 0 Å². The van der Waals surface area contributed by atoms with Crippen molar-refractivity contribution in [3.8, 4) is 0 Å². The van der Waals surface area contributed by atoms with E-state index in [2.05, 4.69) is 4.31 Å². The van der Waals surface area contributed by atoms with E-state index in [1.165, 1.54) is 0 Å². The van der Waals surface area contributed by atoms with Crippen LogP contribution in [0.15, 0.2) is 0 Å². The minimum Gasteiger partial charge on any atom is -0.789 e. The monoisotopic (exact) mass is 353 g/mol. The van der Waals surface area contributed by atoms with E-state index >= 15 is 0 Å². The van der Waals surface area contributed by atoms with E-state index in [9.17, 15) is 23.1 Å². The van der Waals surface area contributed by atoms with Gasteiger partial charge < -0.3 is 38.5 Å². The van der Waals surface area contributed by atoms with E-state index in [0.29, 0.717) is 0 Å². The Labute approximate surface area is 121 Å². The van der Waals surface area contributed by atoms with Gasteiger partial charge in [0.2, 0.25) is 0 Å². The van der Waals surface area contributed by atoms with E-state index in [-0.39, 0.29) is 46.6 Å². The molecule has 10 nitrogen and oxygen atoms in total. The van der Waals surface area contributed by atoms with Gasteiger partial charge >= 0.3 is 54.4 Å². The molecule has 93 valence electrons. The van der Waals surface area contributed by atoms with Crippen molar-refractivity contribution in [3.63, 3.8) is 0 Å². The molecular formula is H2FFeNaO10P3. The molecule has 0 saturated carbocycles. The fourth-order valence-electron chi connectivity index (χ4n) is 0.130. The van der Waals surface area contributed by atoms with E-state index in [1.54, 1.807) is 0 Å². The normalized spacial score (nSPS) is 11.4. The van der Waals surface area contributed by atoms with Crippen molar-refractivity contribution in [3.05, 3.63) is 0 Å². The van der Waals surface area contributed by atoms with Crippen LogP contribution in [-0.4, -0.2) is 9.79 Å². The predicted octanol–water partition coefficient (Wildman–Crippen LogP) is -6.29. The molecule has 1 radical (unpaired) electrons. The van der Waals surface area contributed by atoms with Crippen LogP contribution < -0.4 is 49.1 Å². The molecule has 0 unspecified atom stereocenters. The van der Waals surface area contributed by atoms with Crippen molar-refractivity contribution >= 4 is 23.6 Å². The van der Waals surface area contributed by atoms with Gasteiger partial charge in [0, 0.05) is 0 Å². The zero-order valence-corrected chi connectivity index (χ0v) is 13.0. The Balaban J connectivity index is -0.0000000904. The molecule has 0 fully saturated rings. The molecule has 0 spiro atoms. The molecule has 0 heterocycles. The zero-order chi connectivity index (χ0) is 12.2. The first-order valence-corrected chi connectivity index (χ1v) is 6.64. The molecule has 0 bridgehead atoms. The van der Waals surface area contributed by atoms with Crippen molar-refractivity contribution in [1.29, 1.82) is 0 Å². The number of hydrogen-bond donors (Lipinski definition) is 2. The van der Waals surface area contributed by atoms with Gasteiger partial charge in [0.1, 0.15) is 7.91 Å². The van der Waals surface area contributed by atoms with Gasteiger partial charge in [0.25, 0.3) is 0 Å². The Morgan fingerprint density at radius 2 is 1.19 bits per heavy atom. The van der Waals surface area contributed by atoms with Crippen LogP contribution in [0.4, 0.5) is 4.20 Å². The summed E-state index contributed by atoms with van der Waals surface area (Å²) in [4.78, 5) is 51.0. The van der Waals surface area contributed by atoms with Gasteiger partial charge in [-0.1, -0.05) is 0 Å². The van der Waals surface area contributed by atoms with Crippen LogP contribution in [0.25, 0.3) is 0 Å². The van der Waals surface area contributed by atoms with Crippen LogP contribution >= 0.6 is 23.6 Å². The molecule has 16 heteroatoms. The minimum atomic E-state index is -5.64. The van der Waals surface area contributed by atoms with Gasteiger partial charge in [-0.15, -0.1) is 0 Å². The largest absolute Gasteiger partial charge is 3.00 e. The molecule has 0 rings (SSSR count). The Hall–Kier alpha value is 1.86. The number of halogens is 1. The average molecular weight is 353 g/mol. The van der Waals surface area contributed by atoms with Crippen molar-refractivity contribution in [2.45, 2.75) is 0 Å². The molecule has 16 heavy (non-hydrogen) atoms. The molecule has 0 amide bonds. The SMILES string of the molecule is O=P([O-])([O-])F.O=P([O-])([O-])OP(=O)(O)O.[Fe+3].[Na+]. The van der Waals surface area contributed by atoms with Gasteiger partial charge in [-0.3, -0.25) is 4.31 Å². The molecular weight excluding hydrogens is 351 g/mol. The van der Waals surface area contributed by atoms with Crippen molar-refractivity contribution in [2.75, 3.05) is 0 Å². The Morgan fingerprint density at radius 1 is 1.00 bits per heavy atom. The predicted molar refractivity (Wildman–Crippen MR) is 29.5 cm³/mol. The summed E-state index contributed by atoms with van der Waals surface area (Å²) in [6.45, 7) is 0. The van der Waals surface area contributed by atoms with Crippen LogP contribution in [0.1, 0.15) is 0 Å². The van der Waals surface area contributed by atoms with Crippen LogP contribution in [0.3, 0.4) is 0 Å². The number of rotatable bonds is 2. The molecule has 0 aliphatic heterocycles. The van der Waals surface area contributed by atoms with Crippen molar-refractivity contribution < 1.29 is 98.2 Å². The number of hydrogen-bond acceptors (Lipinski definition) is 8. The first-order chi connectivity index (χ1) is 5.71. The van der Waals surface area contributed by atoms with E-state index in [4.69, 9.17) is 24.1 Å². The van der Waals surface area contributed by atoms with Gasteiger partial charge in [0.15, 0.2) is 0 Å². The summed E-state index contributed by atoms with van der Waals surface area (Å²) >= 11 is 0. The Kier molecular flexibility index (Phi) is 16.1. The fourth-order valence-corrected chi connectivity index (χ4v) is 1.17. The van der Waals surface area contributed by atoms with Crippen LogP contribution in [0.5, 0.6) is 0 Å². The maximum Gasteiger partial charge on any atom is 3.00 e. The van der Waals surface area contributed by atoms with Crippen LogP contribution in [0.2, 0.25) is 0 Å². The molecule has 0 saturated heterocycles. The van der Waals surface area contributed by atoms with Gasteiger partial charge in [0.05, 0.1) is 7.82 Å². The van der Waals surface area contributed by atoms with Gasteiger partial charge in [-0.05, 0) is 0 Å². The summed E-state index contributed by atoms with van der Waals surface area (Å²) in [6.07, 6.45) is 0. The summed E-state index contributed by atoms with van der Waals surface area (Å²) in [5.41, 5.74) is 0. The molecule has 2 N–H and O–H groups in total. The third-order valence-electron chi connectivity index (χ3n) is 0.206. The third-order valence-corrected chi connectivity index (χ3v) is 1.86. The topological polar surface area (TPSA) is 193 Å². The molecule has 0 aromatic heterocycles. The van der Waals surface area contributed by atoms with E-state index < -0.39 is 23.6 Å². The molecule has 0 aromatic carbocycles. The molecule has 0 atom stereocenters. The molecule has 0 aliphatic rings. The minimum absolute atomic E-state index is 0. The van der Waals surface area contributed by atoms with Gasteiger partial charge in [-0.2, -0.15) is 0 Å². The van der Waals surface area contributed by atoms with Crippen LogP contribution in [-0.2, 0) is 35.1 Å². The quantitative estimate of drug-likeness (QED) is 0.356. The summed E-state index contributed by atoms with van der Waals surface area (Å²) in [7, 11) is -16.4. The second kappa shape index (κ2) is 9.75. The number of phosphoric acid groups is 2. The standard InChI is InChI=1S/FH2O3P.Fe.Na.H4O7P2/c1-5(2,3)4;;;1-8(2,3)7-9(4,5)6/h(H2,2,3,4);;;(H2,1,2,3)(H2,4,5,6)/q;+3;+1;/p-4. The fraction of sp³-hybridized carbons (Fsp3) is 0. The van der Waals surface area contributed by atoms with Gasteiger partial charge in [-0.25, -0.2) is 8.76 Å². The average Bonchev–Trinajstić information content (AvgIpc) is 1.42. The summed E-state index contributed by atoms with van der Waals surface area (Å²) in [5, 5.41) is 0. The zero-order valence-electron chi connectivity index (χ0n) is 7.23. The summed E-state index contributed by atoms with van der Waals surface area (Å²) < 4.78 is 40.3. The summed E-state index contributed by atoms with van der Waals surface area (Å²) in [6, 6.07) is 0. The van der Waals surface area contributed by atoms with E-state index in [1.807, 2.05) is 0 Å². The molecule has 0 aliphatic carbocycles. The molecule has 0 aromatic rings. The Morgan fingerprint density at radius 3 is 1.19 bits per heavy atom. The maximum absolute atomic E-state index is 10.1. The second-order valence-electron chi connectivity index (χ2n) is 1.45. The van der Waals surface area contributed by atoms with E-state index in [0.717, 1.165) is 0 Å².